The van der Waals surface area contributed by atoms with Crippen molar-refractivity contribution in [2.75, 3.05) is 27.4 Å². The van der Waals surface area contributed by atoms with E-state index in [9.17, 15) is 8.42 Å². The van der Waals surface area contributed by atoms with Crippen molar-refractivity contribution >= 4 is 21.6 Å². The lowest BCUT2D eigenvalue weighted by molar-refractivity contribution is 0.174. The minimum Gasteiger partial charge on any atom is -0.454 e. The van der Waals surface area contributed by atoms with Gasteiger partial charge >= 0.3 is 0 Å². The summed E-state index contributed by atoms with van der Waals surface area (Å²) in [5.41, 5.74) is 0.938. The number of ether oxygens (including phenoxy) is 2. The number of nitrogens with one attached hydrogen (secondary N) is 1. The number of rotatable bonds is 6. The van der Waals surface area contributed by atoms with Crippen LogP contribution in [0.15, 0.2) is 47.4 Å². The van der Waals surface area contributed by atoms with Crippen molar-refractivity contribution in [3.8, 4) is 11.5 Å². The van der Waals surface area contributed by atoms with Crippen LogP contribution in [0.25, 0.3) is 0 Å². The average Bonchev–Trinajstić information content (AvgIpc) is 3.02. The van der Waals surface area contributed by atoms with Crippen LogP contribution in [0.5, 0.6) is 11.5 Å². The Labute approximate surface area is 152 Å². The summed E-state index contributed by atoms with van der Waals surface area (Å²) in [6.07, 6.45) is 0. The Morgan fingerprint density at radius 3 is 2.48 bits per heavy atom. The highest BCUT2D eigenvalue weighted by atomic mass is 35.5. The van der Waals surface area contributed by atoms with Gasteiger partial charge in [-0.2, -0.15) is 0 Å². The van der Waals surface area contributed by atoms with E-state index in [4.69, 9.17) is 21.1 Å². The lowest BCUT2D eigenvalue weighted by Gasteiger charge is -2.25. The van der Waals surface area contributed by atoms with Crippen molar-refractivity contribution in [2.45, 2.75) is 10.9 Å². The second kappa shape index (κ2) is 7.21. The minimum absolute atomic E-state index is 0.156. The van der Waals surface area contributed by atoms with Gasteiger partial charge in [-0.1, -0.05) is 17.7 Å². The van der Waals surface area contributed by atoms with E-state index in [1.54, 1.807) is 12.1 Å². The lowest BCUT2D eigenvalue weighted by Crippen LogP contribution is -2.34. The number of nitrogens with zero attached hydrogens (tertiary/aromatic N) is 1. The number of hydrogen-bond acceptors (Lipinski definition) is 5. The van der Waals surface area contributed by atoms with Crippen LogP contribution in [-0.2, 0) is 10.0 Å². The third-order valence-electron chi connectivity index (χ3n) is 4.00. The van der Waals surface area contributed by atoms with Crippen LogP contribution in [-0.4, -0.2) is 40.8 Å². The van der Waals surface area contributed by atoms with E-state index in [1.165, 1.54) is 12.1 Å². The van der Waals surface area contributed by atoms with Gasteiger partial charge in [-0.3, -0.25) is 0 Å². The largest absolute Gasteiger partial charge is 0.454 e. The first-order valence-electron chi connectivity index (χ1n) is 7.68. The third kappa shape index (κ3) is 4.07. The van der Waals surface area contributed by atoms with Crippen molar-refractivity contribution < 1.29 is 17.9 Å². The number of sulfonamides is 1. The van der Waals surface area contributed by atoms with Gasteiger partial charge in [-0.25, -0.2) is 13.1 Å². The highest BCUT2D eigenvalue weighted by molar-refractivity contribution is 7.89. The smallest absolute Gasteiger partial charge is 0.240 e. The van der Waals surface area contributed by atoms with E-state index in [2.05, 4.69) is 4.72 Å². The summed E-state index contributed by atoms with van der Waals surface area (Å²) >= 11 is 5.81. The lowest BCUT2D eigenvalue weighted by atomic mass is 10.1. The molecule has 0 aromatic heterocycles. The zero-order valence-electron chi connectivity index (χ0n) is 13.9. The zero-order chi connectivity index (χ0) is 18.0. The molecule has 0 bridgehead atoms. The fourth-order valence-corrected chi connectivity index (χ4v) is 3.77. The van der Waals surface area contributed by atoms with Crippen LogP contribution in [0.4, 0.5) is 0 Å². The zero-order valence-corrected chi connectivity index (χ0v) is 15.5. The van der Waals surface area contributed by atoms with E-state index in [-0.39, 0.29) is 24.3 Å². The summed E-state index contributed by atoms with van der Waals surface area (Å²) < 4.78 is 38.3. The molecule has 1 atom stereocenters. The number of fused-ring (bicyclic) bond motifs is 1. The van der Waals surface area contributed by atoms with E-state index in [1.807, 2.05) is 37.2 Å². The SMILES string of the molecule is CN(C)[C@@H](CNS(=O)(=O)c1ccc(Cl)cc1)c1ccc2c(c1)OCO2. The maximum atomic E-state index is 12.5. The molecule has 0 fully saturated rings. The molecule has 0 saturated heterocycles. The first-order chi connectivity index (χ1) is 11.9. The quantitative estimate of drug-likeness (QED) is 0.831. The van der Waals surface area contributed by atoms with Crippen LogP contribution >= 0.6 is 11.6 Å². The van der Waals surface area contributed by atoms with Gasteiger partial charge in [-0.05, 0) is 56.1 Å². The third-order valence-corrected chi connectivity index (χ3v) is 5.69. The fourth-order valence-electron chi connectivity index (χ4n) is 2.60. The van der Waals surface area contributed by atoms with Crippen molar-refractivity contribution in [3.05, 3.63) is 53.1 Å². The van der Waals surface area contributed by atoms with Gasteiger partial charge in [0.15, 0.2) is 11.5 Å². The summed E-state index contributed by atoms with van der Waals surface area (Å²) in [4.78, 5) is 2.13. The van der Waals surface area contributed by atoms with Crippen molar-refractivity contribution in [1.82, 2.24) is 9.62 Å². The Morgan fingerprint density at radius 1 is 1.12 bits per heavy atom. The summed E-state index contributed by atoms with van der Waals surface area (Å²) in [5.74, 6) is 1.37. The van der Waals surface area contributed by atoms with Crippen LogP contribution in [0, 0.1) is 0 Å². The molecule has 0 spiro atoms. The summed E-state index contributed by atoms with van der Waals surface area (Å²) in [6, 6.07) is 11.5. The summed E-state index contributed by atoms with van der Waals surface area (Å²) in [6.45, 7) is 0.423. The van der Waals surface area contributed by atoms with Crippen molar-refractivity contribution in [1.29, 1.82) is 0 Å². The maximum Gasteiger partial charge on any atom is 0.240 e. The maximum absolute atomic E-state index is 12.5. The molecule has 3 rings (SSSR count). The predicted molar refractivity (Wildman–Crippen MR) is 95.6 cm³/mol. The second-order valence-electron chi connectivity index (χ2n) is 5.90. The Bertz CT molecular complexity index is 853. The molecule has 0 unspecified atom stereocenters. The van der Waals surface area contributed by atoms with Gasteiger partial charge < -0.3 is 14.4 Å². The van der Waals surface area contributed by atoms with Crippen molar-refractivity contribution in [2.24, 2.45) is 0 Å². The van der Waals surface area contributed by atoms with Gasteiger partial charge in [0.2, 0.25) is 16.8 Å². The summed E-state index contributed by atoms with van der Waals surface area (Å²) in [7, 11) is 0.173. The number of likely N-dealkylation sites (N-methyl/N-ethyl adjacent to an activating group) is 1. The highest BCUT2D eigenvalue weighted by Crippen LogP contribution is 2.35. The molecule has 0 saturated carbocycles. The highest BCUT2D eigenvalue weighted by Gasteiger charge is 2.22. The molecule has 6 nitrogen and oxygen atoms in total. The average molecular weight is 383 g/mol. The summed E-state index contributed by atoms with van der Waals surface area (Å²) in [5, 5.41) is 0.491. The molecule has 134 valence electrons. The van der Waals surface area contributed by atoms with E-state index < -0.39 is 10.0 Å². The van der Waals surface area contributed by atoms with E-state index >= 15 is 0 Å². The number of halogens is 1. The molecule has 1 heterocycles. The molecule has 0 amide bonds. The molecular formula is C17H19ClN2O4S. The Morgan fingerprint density at radius 2 is 1.80 bits per heavy atom. The van der Waals surface area contributed by atoms with Crippen LogP contribution in [0.2, 0.25) is 5.02 Å². The monoisotopic (exact) mass is 382 g/mol. The number of benzene rings is 2. The van der Waals surface area contributed by atoms with Gasteiger partial charge in [0, 0.05) is 17.6 Å². The predicted octanol–water partition coefficient (Wildman–Crippen LogP) is 2.65. The van der Waals surface area contributed by atoms with Crippen molar-refractivity contribution in [3.63, 3.8) is 0 Å². The normalized spacial score (nSPS) is 14.7. The Hall–Kier alpha value is -1.80. The number of hydrogen-bond donors (Lipinski definition) is 1. The molecule has 25 heavy (non-hydrogen) atoms. The molecular weight excluding hydrogens is 364 g/mol. The van der Waals surface area contributed by atoms with Gasteiger partial charge in [0.1, 0.15) is 0 Å². The second-order valence-corrected chi connectivity index (χ2v) is 8.10. The van der Waals surface area contributed by atoms with Crippen LogP contribution < -0.4 is 14.2 Å². The Balaban J connectivity index is 1.77. The molecule has 0 aliphatic carbocycles. The van der Waals surface area contributed by atoms with E-state index in [0.717, 1.165) is 5.56 Å². The van der Waals surface area contributed by atoms with Crippen LogP contribution in [0.3, 0.4) is 0 Å². The molecule has 2 aromatic carbocycles. The van der Waals surface area contributed by atoms with Crippen LogP contribution in [0.1, 0.15) is 11.6 Å². The molecule has 2 aromatic rings. The fraction of sp³-hybridized carbons (Fsp3) is 0.294. The van der Waals surface area contributed by atoms with E-state index in [0.29, 0.717) is 16.5 Å². The topological polar surface area (TPSA) is 67.9 Å². The first kappa shape index (κ1) is 18.0. The minimum atomic E-state index is -3.62. The van der Waals surface area contributed by atoms with Gasteiger partial charge in [0.05, 0.1) is 4.90 Å². The molecule has 1 aliphatic rings. The van der Waals surface area contributed by atoms with Gasteiger partial charge in [-0.15, -0.1) is 0 Å². The standard InChI is InChI=1S/C17H19ClN2O4S/c1-20(2)15(12-3-8-16-17(9-12)24-11-23-16)10-19-25(21,22)14-6-4-13(18)5-7-14/h3-9,15,19H,10-11H2,1-2H3/t15-/m0/s1. The molecule has 1 aliphatic heterocycles. The molecule has 0 radical (unpaired) electrons. The first-order valence-corrected chi connectivity index (χ1v) is 9.54. The van der Waals surface area contributed by atoms with Gasteiger partial charge in [0.25, 0.3) is 0 Å². The Kier molecular flexibility index (Phi) is 5.19. The molecule has 8 heteroatoms. The molecule has 1 N–H and O–H groups in total.